The number of phosphoric acid groups is 3. The molecule has 3 unspecified atom stereocenters. The molecule has 0 amide bonds. The number of aryl methyl sites for hydroxylation is 1. The van der Waals surface area contributed by atoms with Crippen molar-refractivity contribution in [3.05, 3.63) is 26.9 Å². The molecule has 15 nitrogen and oxygen atoms in total. The molecular formula is C10H16FN2O13P3S. The van der Waals surface area contributed by atoms with E-state index in [9.17, 15) is 32.9 Å². The van der Waals surface area contributed by atoms with E-state index in [-0.39, 0.29) is 10.3 Å². The minimum Gasteiger partial charge on any atom is -0.387 e. The average molecular weight is 516 g/mol. The SMILES string of the molecule is Cc1cn([C@H]2O[C@@H](COP(=O)(O)OP(=O)(O)OP(=O)(O)O)[C@@H](O)C2F)c(=S)[nH]c1=O. The van der Waals surface area contributed by atoms with Gasteiger partial charge in [-0.1, -0.05) is 0 Å². The molecule has 6 N–H and O–H groups in total. The first-order chi connectivity index (χ1) is 13.5. The number of aromatic amines is 1. The van der Waals surface area contributed by atoms with Crippen molar-refractivity contribution in [2.75, 3.05) is 6.61 Å². The Morgan fingerprint density at radius 1 is 1.23 bits per heavy atom. The minimum absolute atomic E-state index is 0.144. The highest BCUT2D eigenvalue weighted by Gasteiger charge is 2.47. The standard InChI is InChI=1S/C10H16FN2O13P3S/c1-4-2-13(10(30)12-8(4)15)9-6(11)7(14)5(24-9)3-23-28(19,20)26-29(21,22)25-27(16,17)18/h2,5-7,9,14H,3H2,1H3,(H,19,20)(H,21,22)(H,12,15,30)(H2,16,17,18)/t5-,6?,7+,9-/m0/s1. The summed E-state index contributed by atoms with van der Waals surface area (Å²) in [5.74, 6) is 0. The molecule has 1 saturated heterocycles. The van der Waals surface area contributed by atoms with Crippen LogP contribution in [-0.2, 0) is 31.6 Å². The second-order valence-electron chi connectivity index (χ2n) is 5.87. The maximum absolute atomic E-state index is 14.5. The van der Waals surface area contributed by atoms with Crippen molar-refractivity contribution in [3.63, 3.8) is 0 Å². The van der Waals surface area contributed by atoms with Crippen LogP contribution < -0.4 is 5.56 Å². The van der Waals surface area contributed by atoms with Crippen LogP contribution in [0.2, 0.25) is 0 Å². The largest absolute Gasteiger partial charge is 0.490 e. The average Bonchev–Trinajstić information content (AvgIpc) is 2.81. The maximum atomic E-state index is 14.5. The number of phosphoric ester groups is 1. The summed E-state index contributed by atoms with van der Waals surface area (Å²) in [7, 11) is -16.8. The monoisotopic (exact) mass is 516 g/mol. The highest BCUT2D eigenvalue weighted by atomic mass is 32.1. The fraction of sp³-hybridized carbons (Fsp3) is 0.600. The number of ether oxygens (including phenoxy) is 1. The molecule has 0 aromatic carbocycles. The molecule has 0 aliphatic carbocycles. The Morgan fingerprint density at radius 3 is 2.40 bits per heavy atom. The van der Waals surface area contributed by atoms with Gasteiger partial charge < -0.3 is 29.4 Å². The van der Waals surface area contributed by atoms with Crippen LogP contribution in [0.4, 0.5) is 4.39 Å². The van der Waals surface area contributed by atoms with Crippen molar-refractivity contribution in [1.29, 1.82) is 0 Å². The number of aromatic nitrogens is 2. The van der Waals surface area contributed by atoms with Crippen LogP contribution in [0.5, 0.6) is 0 Å². The van der Waals surface area contributed by atoms with E-state index in [0.29, 0.717) is 0 Å². The molecule has 0 saturated carbocycles. The van der Waals surface area contributed by atoms with Gasteiger partial charge >= 0.3 is 23.5 Å². The molecule has 0 bridgehead atoms. The van der Waals surface area contributed by atoms with Gasteiger partial charge in [-0.2, -0.15) is 8.62 Å². The third-order valence-electron chi connectivity index (χ3n) is 3.53. The molecule has 1 aliphatic heterocycles. The first-order valence-electron chi connectivity index (χ1n) is 7.59. The number of halogens is 1. The highest BCUT2D eigenvalue weighted by Crippen LogP contribution is 2.66. The predicted molar refractivity (Wildman–Crippen MR) is 95.3 cm³/mol. The number of rotatable bonds is 8. The van der Waals surface area contributed by atoms with Crippen molar-refractivity contribution in [1.82, 2.24) is 9.55 Å². The lowest BCUT2D eigenvalue weighted by Gasteiger charge is -2.19. The lowest BCUT2D eigenvalue weighted by Crippen LogP contribution is -2.31. The summed E-state index contributed by atoms with van der Waals surface area (Å²) in [5, 5.41) is 9.94. The third-order valence-corrected chi connectivity index (χ3v) is 7.65. The zero-order valence-electron chi connectivity index (χ0n) is 14.7. The van der Waals surface area contributed by atoms with Gasteiger partial charge in [-0.05, 0) is 19.1 Å². The molecular weight excluding hydrogens is 500 g/mol. The van der Waals surface area contributed by atoms with E-state index in [2.05, 4.69) is 18.1 Å². The van der Waals surface area contributed by atoms with Crippen molar-refractivity contribution in [2.24, 2.45) is 0 Å². The van der Waals surface area contributed by atoms with E-state index in [4.69, 9.17) is 31.6 Å². The van der Waals surface area contributed by atoms with Gasteiger partial charge in [0.05, 0.1) is 6.61 Å². The Hall–Kier alpha value is -0.640. The molecule has 1 aromatic rings. The van der Waals surface area contributed by atoms with E-state index in [0.717, 1.165) is 10.8 Å². The second-order valence-corrected chi connectivity index (χ2v) is 10.7. The molecule has 1 aromatic heterocycles. The van der Waals surface area contributed by atoms with Crippen LogP contribution >= 0.6 is 35.7 Å². The number of aliphatic hydroxyl groups excluding tert-OH is 1. The van der Waals surface area contributed by atoms with E-state index < -0.39 is 60.2 Å². The molecule has 6 atom stereocenters. The Bertz CT molecular complexity index is 1050. The van der Waals surface area contributed by atoms with Gasteiger partial charge in [0, 0.05) is 11.8 Å². The second kappa shape index (κ2) is 9.08. The first-order valence-corrected chi connectivity index (χ1v) is 12.5. The number of H-pyrrole nitrogens is 1. The lowest BCUT2D eigenvalue weighted by atomic mass is 10.1. The van der Waals surface area contributed by atoms with Gasteiger partial charge in [0.2, 0.25) is 0 Å². The smallest absolute Gasteiger partial charge is 0.387 e. The molecule has 172 valence electrons. The zero-order chi connectivity index (χ0) is 23.1. The van der Waals surface area contributed by atoms with Crippen LogP contribution in [0.15, 0.2) is 11.0 Å². The van der Waals surface area contributed by atoms with Crippen LogP contribution in [0.1, 0.15) is 11.8 Å². The van der Waals surface area contributed by atoms with Crippen LogP contribution in [0.3, 0.4) is 0 Å². The molecule has 2 heterocycles. The third kappa shape index (κ3) is 6.68. The first kappa shape index (κ1) is 25.6. The number of nitrogens with one attached hydrogen (secondary N) is 1. The lowest BCUT2D eigenvalue weighted by molar-refractivity contribution is -0.0475. The van der Waals surface area contributed by atoms with E-state index in [1.54, 1.807) is 0 Å². The maximum Gasteiger partial charge on any atom is 0.490 e. The molecule has 2 rings (SSSR count). The Kier molecular flexibility index (Phi) is 7.75. The Labute approximate surface area is 171 Å². The molecule has 1 fully saturated rings. The molecule has 30 heavy (non-hydrogen) atoms. The van der Waals surface area contributed by atoms with Crippen molar-refractivity contribution in [2.45, 2.75) is 31.5 Å². The van der Waals surface area contributed by atoms with E-state index in [1.807, 2.05) is 0 Å². The molecule has 20 heteroatoms. The number of hydrogen-bond donors (Lipinski definition) is 6. The summed E-state index contributed by atoms with van der Waals surface area (Å²) in [6, 6.07) is 0. The molecule has 0 radical (unpaired) electrons. The van der Waals surface area contributed by atoms with Gasteiger partial charge in [-0.3, -0.25) is 18.9 Å². The number of aliphatic hydroxyl groups is 1. The van der Waals surface area contributed by atoms with E-state index in [1.165, 1.54) is 6.92 Å². The summed E-state index contributed by atoms with van der Waals surface area (Å²) in [6.45, 7) is 0.340. The minimum atomic E-state index is -5.73. The summed E-state index contributed by atoms with van der Waals surface area (Å²) in [5.41, 5.74) is -0.389. The van der Waals surface area contributed by atoms with Gasteiger partial charge in [0.25, 0.3) is 5.56 Å². The molecule has 0 spiro atoms. The number of alkyl halides is 1. The van der Waals surface area contributed by atoms with Crippen LogP contribution in [0, 0.1) is 11.7 Å². The van der Waals surface area contributed by atoms with Crippen molar-refractivity contribution >= 4 is 35.7 Å². The Morgan fingerprint density at radius 2 is 1.83 bits per heavy atom. The molecule has 1 aliphatic rings. The number of hydrogen-bond acceptors (Lipinski definition) is 10. The van der Waals surface area contributed by atoms with Gasteiger partial charge in [-0.15, -0.1) is 0 Å². The summed E-state index contributed by atoms with van der Waals surface area (Å²) >= 11 is 4.90. The van der Waals surface area contributed by atoms with Crippen molar-refractivity contribution < 1.29 is 60.6 Å². The Balaban J connectivity index is 2.09. The van der Waals surface area contributed by atoms with Gasteiger partial charge in [0.15, 0.2) is 17.2 Å². The quantitative estimate of drug-likeness (QED) is 0.200. The van der Waals surface area contributed by atoms with Crippen molar-refractivity contribution in [3.8, 4) is 0 Å². The fourth-order valence-electron chi connectivity index (χ4n) is 2.31. The summed E-state index contributed by atoms with van der Waals surface area (Å²) in [4.78, 5) is 49.1. The summed E-state index contributed by atoms with van der Waals surface area (Å²) in [6.07, 6.45) is -6.05. The van der Waals surface area contributed by atoms with Crippen LogP contribution in [0.25, 0.3) is 0 Å². The number of nitrogens with zero attached hydrogens (tertiary/aromatic N) is 1. The highest BCUT2D eigenvalue weighted by molar-refractivity contribution is 7.71. The topological polar surface area (TPSA) is 227 Å². The predicted octanol–water partition coefficient (Wildman–Crippen LogP) is 0.154. The zero-order valence-corrected chi connectivity index (χ0v) is 18.2. The normalized spacial score (nSPS) is 28.8. The van der Waals surface area contributed by atoms with Gasteiger partial charge in [0.1, 0.15) is 12.2 Å². The van der Waals surface area contributed by atoms with Crippen LogP contribution in [-0.4, -0.2) is 59.2 Å². The fourth-order valence-corrected chi connectivity index (χ4v) is 5.59. The summed E-state index contributed by atoms with van der Waals surface area (Å²) < 4.78 is 65.3. The van der Waals surface area contributed by atoms with Gasteiger partial charge in [-0.25, -0.2) is 18.1 Å². The van der Waals surface area contributed by atoms with E-state index >= 15 is 0 Å².